The zero-order valence-corrected chi connectivity index (χ0v) is 18.0. The minimum atomic E-state index is -3.93. The van der Waals surface area contributed by atoms with Crippen molar-refractivity contribution in [2.75, 3.05) is 12.4 Å². The number of carbonyl (C=O) groups is 1. The highest BCUT2D eigenvalue weighted by molar-refractivity contribution is 7.91. The summed E-state index contributed by atoms with van der Waals surface area (Å²) in [6.45, 7) is 5.10. The van der Waals surface area contributed by atoms with Crippen molar-refractivity contribution in [1.29, 1.82) is 0 Å². The van der Waals surface area contributed by atoms with E-state index in [2.05, 4.69) is 25.7 Å². The van der Waals surface area contributed by atoms with Gasteiger partial charge in [0, 0.05) is 12.5 Å². The van der Waals surface area contributed by atoms with Crippen molar-refractivity contribution < 1.29 is 17.7 Å². The highest BCUT2D eigenvalue weighted by Gasteiger charge is 2.29. The number of thiophene rings is 1. The zero-order chi connectivity index (χ0) is 20.5. The third-order valence-corrected chi connectivity index (χ3v) is 7.36. The van der Waals surface area contributed by atoms with Crippen molar-refractivity contribution in [3.63, 3.8) is 0 Å². The van der Waals surface area contributed by atoms with Crippen LogP contribution in [0.4, 0.5) is 5.13 Å². The van der Waals surface area contributed by atoms with Crippen LogP contribution < -0.4 is 5.32 Å². The summed E-state index contributed by atoms with van der Waals surface area (Å²) in [5.41, 5.74) is -0.639. The molecule has 0 radical (unpaired) electrons. The summed E-state index contributed by atoms with van der Waals surface area (Å²) in [4.78, 5) is 17.0. The maximum absolute atomic E-state index is 12.7. The topological polar surface area (TPSA) is 131 Å². The van der Waals surface area contributed by atoms with Crippen LogP contribution >= 0.6 is 22.7 Å². The molecule has 10 nitrogen and oxygen atoms in total. The van der Waals surface area contributed by atoms with Crippen LogP contribution in [-0.2, 0) is 21.4 Å². The van der Waals surface area contributed by atoms with Gasteiger partial charge in [-0.15, -0.1) is 21.5 Å². The fraction of sp³-hybridized carbons (Fsp3) is 0.400. The number of carbonyl (C=O) groups excluding carboxylic acids is 1. The summed E-state index contributed by atoms with van der Waals surface area (Å²) >= 11 is 2.23. The van der Waals surface area contributed by atoms with Gasteiger partial charge in [-0.1, -0.05) is 43.3 Å². The van der Waals surface area contributed by atoms with Gasteiger partial charge in [-0.05, 0) is 11.4 Å². The lowest BCUT2D eigenvalue weighted by atomic mass is 9.96. The van der Waals surface area contributed by atoms with E-state index in [1.165, 1.54) is 18.4 Å². The van der Waals surface area contributed by atoms with Crippen LogP contribution in [0.3, 0.4) is 0 Å². The zero-order valence-electron chi connectivity index (χ0n) is 15.5. The molecule has 1 N–H and O–H groups in total. The van der Waals surface area contributed by atoms with Crippen LogP contribution in [0.5, 0.6) is 0 Å². The number of aromatic nitrogens is 4. The third kappa shape index (κ3) is 4.43. The second-order valence-corrected chi connectivity index (χ2v) is 11.0. The van der Waals surface area contributed by atoms with Gasteiger partial charge in [0.05, 0.1) is 11.4 Å². The Labute approximate surface area is 169 Å². The molecule has 0 aliphatic rings. The van der Waals surface area contributed by atoms with Gasteiger partial charge in [-0.3, -0.25) is 4.79 Å². The molecule has 150 valence electrons. The molecule has 0 bridgehead atoms. The molecule has 0 saturated carbocycles. The van der Waals surface area contributed by atoms with Crippen molar-refractivity contribution in [2.24, 2.45) is 5.41 Å². The van der Waals surface area contributed by atoms with Crippen LogP contribution in [0, 0.1) is 5.41 Å². The van der Waals surface area contributed by atoms with Gasteiger partial charge in [-0.2, -0.15) is 9.29 Å². The van der Waals surface area contributed by atoms with Gasteiger partial charge < -0.3 is 9.84 Å². The Kier molecular flexibility index (Phi) is 5.61. The Hall–Kier alpha value is -2.22. The number of rotatable bonds is 6. The minimum Gasteiger partial charge on any atom is -0.337 e. The second-order valence-electron chi connectivity index (χ2n) is 6.83. The first-order chi connectivity index (χ1) is 13.1. The predicted octanol–water partition coefficient (Wildman–Crippen LogP) is 2.45. The first kappa shape index (κ1) is 20.5. The van der Waals surface area contributed by atoms with Crippen molar-refractivity contribution in [2.45, 2.75) is 31.7 Å². The van der Waals surface area contributed by atoms with E-state index in [0.29, 0.717) is 5.82 Å². The number of anilines is 1. The summed E-state index contributed by atoms with van der Waals surface area (Å²) in [6, 6.07) is 3.70. The minimum absolute atomic E-state index is 0.115. The first-order valence-electron chi connectivity index (χ1n) is 8.05. The van der Waals surface area contributed by atoms with Crippen LogP contribution in [-0.4, -0.2) is 46.0 Å². The molecule has 28 heavy (non-hydrogen) atoms. The third-order valence-electron chi connectivity index (χ3n) is 3.51. The van der Waals surface area contributed by atoms with Gasteiger partial charge in [-0.25, -0.2) is 8.42 Å². The van der Waals surface area contributed by atoms with E-state index in [4.69, 9.17) is 4.52 Å². The van der Waals surface area contributed by atoms with Crippen molar-refractivity contribution in [1.82, 2.24) is 24.6 Å². The van der Waals surface area contributed by atoms with Crippen LogP contribution in [0.15, 0.2) is 26.4 Å². The van der Waals surface area contributed by atoms with E-state index >= 15 is 0 Å². The number of nitrogens with one attached hydrogen (secondary N) is 1. The van der Waals surface area contributed by atoms with E-state index in [9.17, 15) is 13.2 Å². The molecule has 1 amide bonds. The summed E-state index contributed by atoms with van der Waals surface area (Å²) < 4.78 is 31.3. The van der Waals surface area contributed by atoms with E-state index in [0.717, 1.165) is 20.5 Å². The molecular formula is C15H18N6O4S3. The Bertz CT molecular complexity index is 1070. The lowest BCUT2D eigenvalue weighted by Gasteiger charge is -2.15. The number of sulfonamides is 1. The van der Waals surface area contributed by atoms with Crippen molar-refractivity contribution >= 4 is 43.7 Å². The van der Waals surface area contributed by atoms with Crippen LogP contribution in [0.1, 0.15) is 26.7 Å². The SMILES string of the molecule is CN(Cc1nc(-c2cccs2)no1)S(=O)(=O)c1nnc(NC(=O)C(C)(C)C)s1. The molecule has 0 spiro atoms. The monoisotopic (exact) mass is 442 g/mol. The Morgan fingerprint density at radius 3 is 2.71 bits per heavy atom. The highest BCUT2D eigenvalue weighted by Crippen LogP contribution is 2.26. The molecule has 0 unspecified atom stereocenters. The summed E-state index contributed by atoms with van der Waals surface area (Å²) in [6.07, 6.45) is 0. The molecule has 0 aliphatic heterocycles. The maximum Gasteiger partial charge on any atom is 0.272 e. The number of amides is 1. The summed E-state index contributed by atoms with van der Waals surface area (Å²) in [5, 5.41) is 15.9. The summed E-state index contributed by atoms with van der Waals surface area (Å²) in [5.74, 6) is 0.270. The van der Waals surface area contributed by atoms with E-state index in [-0.39, 0.29) is 27.8 Å². The average molecular weight is 443 g/mol. The lowest BCUT2D eigenvalue weighted by Crippen LogP contribution is -2.27. The number of hydrogen-bond acceptors (Lipinski definition) is 10. The molecule has 3 heterocycles. The van der Waals surface area contributed by atoms with Gasteiger partial charge in [0.25, 0.3) is 10.0 Å². The summed E-state index contributed by atoms with van der Waals surface area (Å²) in [7, 11) is -2.56. The van der Waals surface area contributed by atoms with Crippen LogP contribution in [0.2, 0.25) is 0 Å². The number of hydrogen-bond donors (Lipinski definition) is 1. The lowest BCUT2D eigenvalue weighted by molar-refractivity contribution is -0.123. The van der Waals surface area contributed by atoms with E-state index < -0.39 is 15.4 Å². The average Bonchev–Trinajstić information content (AvgIpc) is 3.35. The van der Waals surface area contributed by atoms with Gasteiger partial charge in [0.15, 0.2) is 0 Å². The molecule has 3 aromatic rings. The van der Waals surface area contributed by atoms with Crippen molar-refractivity contribution in [3.05, 3.63) is 23.4 Å². The van der Waals surface area contributed by atoms with E-state index in [1.807, 2.05) is 17.5 Å². The molecule has 0 aromatic carbocycles. The fourth-order valence-electron chi connectivity index (χ4n) is 1.88. The van der Waals surface area contributed by atoms with Crippen molar-refractivity contribution in [3.8, 4) is 10.7 Å². The van der Waals surface area contributed by atoms with Crippen LogP contribution in [0.25, 0.3) is 10.7 Å². The largest absolute Gasteiger partial charge is 0.337 e. The quantitative estimate of drug-likeness (QED) is 0.576. The second kappa shape index (κ2) is 7.66. The van der Waals surface area contributed by atoms with Gasteiger partial charge in [0.1, 0.15) is 0 Å². The molecule has 3 aromatic heterocycles. The molecular weight excluding hydrogens is 424 g/mol. The number of nitrogens with zero attached hydrogens (tertiary/aromatic N) is 5. The predicted molar refractivity (Wildman–Crippen MR) is 104 cm³/mol. The smallest absolute Gasteiger partial charge is 0.272 e. The first-order valence-corrected chi connectivity index (χ1v) is 11.2. The molecule has 0 atom stereocenters. The van der Waals surface area contributed by atoms with E-state index in [1.54, 1.807) is 20.8 Å². The maximum atomic E-state index is 12.7. The molecule has 0 saturated heterocycles. The van der Waals surface area contributed by atoms with Gasteiger partial charge in [0.2, 0.25) is 27.1 Å². The molecule has 3 rings (SSSR count). The highest BCUT2D eigenvalue weighted by atomic mass is 32.2. The Morgan fingerprint density at radius 2 is 2.07 bits per heavy atom. The Balaban J connectivity index is 1.71. The molecule has 0 fully saturated rings. The molecule has 13 heteroatoms. The van der Waals surface area contributed by atoms with Gasteiger partial charge >= 0.3 is 0 Å². The normalized spacial score (nSPS) is 12.5. The standard InChI is InChI=1S/C15H18N6O4S3/c1-15(2,3)12(22)17-13-18-19-14(27-13)28(23,24)21(4)8-10-16-11(20-25-10)9-6-5-7-26-9/h5-7H,8H2,1-4H3,(H,17,18,22). The Morgan fingerprint density at radius 1 is 1.32 bits per heavy atom. The molecule has 0 aliphatic carbocycles. The fourth-order valence-corrected chi connectivity index (χ4v) is 4.74.